The molecule has 0 unspecified atom stereocenters. The molecule has 0 aliphatic carbocycles. The van der Waals surface area contributed by atoms with E-state index in [0.29, 0.717) is 37.1 Å². The monoisotopic (exact) mass is 536 g/mol. The van der Waals surface area contributed by atoms with E-state index < -0.39 is 5.60 Å². The van der Waals surface area contributed by atoms with Crippen LogP contribution < -0.4 is 20.1 Å². The fourth-order valence-electron chi connectivity index (χ4n) is 2.45. The summed E-state index contributed by atoms with van der Waals surface area (Å²) < 4.78 is 16.0. The molecular formula is C21H37IN4O4. The van der Waals surface area contributed by atoms with Gasteiger partial charge in [-0.1, -0.05) is 6.07 Å². The maximum atomic E-state index is 12.0. The lowest BCUT2D eigenvalue weighted by Gasteiger charge is -2.24. The number of amides is 1. The average Bonchev–Trinajstić information content (AvgIpc) is 2.66. The van der Waals surface area contributed by atoms with Crippen LogP contribution in [0.1, 0.15) is 33.3 Å². The van der Waals surface area contributed by atoms with Crippen LogP contribution in [0.25, 0.3) is 0 Å². The molecule has 0 fully saturated rings. The number of nitrogens with one attached hydrogen (secondary N) is 2. The minimum atomic E-state index is -0.501. The molecule has 0 atom stereocenters. The molecule has 0 heterocycles. The molecule has 0 spiro atoms. The Hall–Kier alpha value is -1.91. The minimum Gasteiger partial charge on any atom is -0.493 e. The van der Waals surface area contributed by atoms with Crippen LogP contribution in [0.4, 0.5) is 4.79 Å². The summed E-state index contributed by atoms with van der Waals surface area (Å²) in [4.78, 5) is 18.1. The molecule has 9 heteroatoms. The zero-order chi connectivity index (χ0) is 21.9. The van der Waals surface area contributed by atoms with E-state index in [0.717, 1.165) is 18.5 Å². The van der Waals surface area contributed by atoms with E-state index >= 15 is 0 Å². The minimum absolute atomic E-state index is 0. The molecule has 8 nitrogen and oxygen atoms in total. The smallest absolute Gasteiger partial charge is 0.410 e. The molecule has 0 aromatic heterocycles. The molecule has 0 radical (unpaired) electrons. The van der Waals surface area contributed by atoms with Gasteiger partial charge in [-0.05, 0) is 51.8 Å². The highest BCUT2D eigenvalue weighted by Gasteiger charge is 2.19. The van der Waals surface area contributed by atoms with Gasteiger partial charge in [0.15, 0.2) is 17.5 Å². The SMILES string of the molecule is CCNC(=NCCc1ccc(OC)c(OC)c1)NCCN(C)C(=O)OC(C)(C)C.I. The van der Waals surface area contributed by atoms with Crippen LogP contribution in [0.2, 0.25) is 0 Å². The molecule has 0 aliphatic rings. The summed E-state index contributed by atoms with van der Waals surface area (Å²) in [6.07, 6.45) is 0.434. The van der Waals surface area contributed by atoms with Crippen molar-refractivity contribution in [3.8, 4) is 11.5 Å². The highest BCUT2D eigenvalue weighted by Crippen LogP contribution is 2.27. The van der Waals surface area contributed by atoms with Crippen molar-refractivity contribution in [2.45, 2.75) is 39.7 Å². The summed E-state index contributed by atoms with van der Waals surface area (Å²) >= 11 is 0. The van der Waals surface area contributed by atoms with Gasteiger partial charge in [-0.3, -0.25) is 4.99 Å². The number of benzene rings is 1. The zero-order valence-corrected chi connectivity index (χ0v) is 21.5. The Kier molecular flexibility index (Phi) is 13.3. The van der Waals surface area contributed by atoms with E-state index in [-0.39, 0.29) is 30.1 Å². The van der Waals surface area contributed by atoms with Crippen molar-refractivity contribution in [1.29, 1.82) is 0 Å². The lowest BCUT2D eigenvalue weighted by Crippen LogP contribution is -2.43. The molecule has 1 aromatic carbocycles. The summed E-state index contributed by atoms with van der Waals surface area (Å²) in [6, 6.07) is 5.87. The predicted octanol–water partition coefficient (Wildman–Crippen LogP) is 3.29. The van der Waals surface area contributed by atoms with Crippen LogP contribution in [0.5, 0.6) is 11.5 Å². The van der Waals surface area contributed by atoms with Gasteiger partial charge in [-0.15, -0.1) is 24.0 Å². The van der Waals surface area contributed by atoms with Gasteiger partial charge in [0.1, 0.15) is 5.60 Å². The lowest BCUT2D eigenvalue weighted by molar-refractivity contribution is 0.0302. The highest BCUT2D eigenvalue weighted by atomic mass is 127. The average molecular weight is 536 g/mol. The van der Waals surface area contributed by atoms with E-state index in [1.165, 1.54) is 0 Å². The highest BCUT2D eigenvalue weighted by molar-refractivity contribution is 14.0. The van der Waals surface area contributed by atoms with E-state index in [1.807, 2.05) is 45.9 Å². The van der Waals surface area contributed by atoms with Gasteiger partial charge in [-0.2, -0.15) is 0 Å². The summed E-state index contributed by atoms with van der Waals surface area (Å²) in [5, 5.41) is 6.45. The topological polar surface area (TPSA) is 84.4 Å². The number of aliphatic imine (C=N–C) groups is 1. The second kappa shape index (κ2) is 14.2. The third-order valence-electron chi connectivity index (χ3n) is 3.91. The molecule has 0 bridgehead atoms. The number of ether oxygens (including phenoxy) is 3. The van der Waals surface area contributed by atoms with Crippen LogP contribution in [0.15, 0.2) is 23.2 Å². The Morgan fingerprint density at radius 1 is 1.13 bits per heavy atom. The predicted molar refractivity (Wildman–Crippen MR) is 132 cm³/mol. The summed E-state index contributed by atoms with van der Waals surface area (Å²) in [5.41, 5.74) is 0.617. The number of methoxy groups -OCH3 is 2. The number of guanidine groups is 1. The Bertz CT molecular complexity index is 677. The van der Waals surface area contributed by atoms with E-state index in [9.17, 15) is 4.79 Å². The molecule has 1 rings (SSSR count). The lowest BCUT2D eigenvalue weighted by atomic mass is 10.1. The normalized spacial score (nSPS) is 11.2. The summed E-state index contributed by atoms with van der Waals surface area (Å²) in [6.45, 7) is 10.0. The molecule has 0 saturated carbocycles. The van der Waals surface area contributed by atoms with Crippen molar-refractivity contribution >= 4 is 36.0 Å². The first-order valence-electron chi connectivity index (χ1n) is 9.87. The number of likely N-dealkylation sites (N-methyl/N-ethyl adjacent to an activating group) is 1. The maximum absolute atomic E-state index is 12.0. The molecule has 1 amide bonds. The van der Waals surface area contributed by atoms with Gasteiger partial charge >= 0.3 is 6.09 Å². The van der Waals surface area contributed by atoms with Gasteiger partial charge < -0.3 is 29.7 Å². The number of hydrogen-bond donors (Lipinski definition) is 2. The maximum Gasteiger partial charge on any atom is 0.410 e. The molecular weight excluding hydrogens is 499 g/mol. The number of rotatable bonds is 9. The summed E-state index contributed by atoms with van der Waals surface area (Å²) in [5.74, 6) is 2.14. The largest absolute Gasteiger partial charge is 0.493 e. The Morgan fingerprint density at radius 3 is 2.37 bits per heavy atom. The second-order valence-electron chi connectivity index (χ2n) is 7.53. The van der Waals surface area contributed by atoms with E-state index in [1.54, 1.807) is 26.2 Å². The van der Waals surface area contributed by atoms with Crippen molar-refractivity contribution in [3.63, 3.8) is 0 Å². The van der Waals surface area contributed by atoms with Crippen LogP contribution >= 0.6 is 24.0 Å². The molecule has 30 heavy (non-hydrogen) atoms. The fraction of sp³-hybridized carbons (Fsp3) is 0.619. The summed E-state index contributed by atoms with van der Waals surface area (Å²) in [7, 11) is 4.97. The van der Waals surface area contributed by atoms with Gasteiger partial charge in [0, 0.05) is 33.2 Å². The second-order valence-corrected chi connectivity index (χ2v) is 7.53. The molecule has 1 aromatic rings. The van der Waals surface area contributed by atoms with Crippen molar-refractivity contribution in [3.05, 3.63) is 23.8 Å². The van der Waals surface area contributed by atoms with Crippen LogP contribution in [-0.2, 0) is 11.2 Å². The third kappa shape index (κ3) is 10.7. The first-order valence-corrected chi connectivity index (χ1v) is 9.87. The Labute approximate surface area is 197 Å². The number of nitrogens with zero attached hydrogens (tertiary/aromatic N) is 2. The quantitative estimate of drug-likeness (QED) is 0.287. The van der Waals surface area contributed by atoms with Gasteiger partial charge in [0.05, 0.1) is 14.2 Å². The number of hydrogen-bond acceptors (Lipinski definition) is 5. The standard InChI is InChI=1S/C21H36N4O4.HI/c1-8-22-19(24-13-14-25(5)20(26)29-21(2,3)4)23-12-11-16-9-10-17(27-6)18(15-16)28-7;/h9-10,15H,8,11-14H2,1-7H3,(H2,22,23,24);1H. The van der Waals surface area contributed by atoms with Crippen molar-refractivity contribution in [1.82, 2.24) is 15.5 Å². The molecule has 2 N–H and O–H groups in total. The van der Waals surface area contributed by atoms with Gasteiger partial charge in [-0.25, -0.2) is 4.79 Å². The number of halogens is 1. The van der Waals surface area contributed by atoms with Crippen molar-refractivity contribution in [2.24, 2.45) is 4.99 Å². The first kappa shape index (κ1) is 28.1. The van der Waals surface area contributed by atoms with E-state index in [2.05, 4.69) is 15.6 Å². The van der Waals surface area contributed by atoms with Crippen LogP contribution in [0.3, 0.4) is 0 Å². The molecule has 0 aliphatic heterocycles. The molecule has 172 valence electrons. The number of carbonyl (C=O) groups is 1. The van der Waals surface area contributed by atoms with E-state index in [4.69, 9.17) is 14.2 Å². The molecule has 0 saturated heterocycles. The third-order valence-corrected chi connectivity index (χ3v) is 3.91. The Balaban J connectivity index is 0.00000841. The fourth-order valence-corrected chi connectivity index (χ4v) is 2.45. The van der Waals surface area contributed by atoms with Crippen molar-refractivity contribution < 1.29 is 19.0 Å². The van der Waals surface area contributed by atoms with Gasteiger partial charge in [0.2, 0.25) is 0 Å². The first-order chi connectivity index (χ1) is 13.7. The van der Waals surface area contributed by atoms with Crippen LogP contribution in [-0.4, -0.2) is 70.0 Å². The van der Waals surface area contributed by atoms with Crippen LogP contribution in [0, 0.1) is 0 Å². The zero-order valence-electron chi connectivity index (χ0n) is 19.2. The van der Waals surface area contributed by atoms with Crippen molar-refractivity contribution in [2.75, 3.05) is 47.4 Å². The number of carbonyl (C=O) groups excluding carboxylic acids is 1. The Morgan fingerprint density at radius 2 is 1.80 bits per heavy atom. The van der Waals surface area contributed by atoms with Gasteiger partial charge in [0.25, 0.3) is 0 Å².